The van der Waals surface area contributed by atoms with Gasteiger partial charge in [-0.2, -0.15) is 0 Å². The fourth-order valence-corrected chi connectivity index (χ4v) is 2.67. The van der Waals surface area contributed by atoms with E-state index in [-0.39, 0.29) is 5.91 Å². The molecule has 3 rings (SSSR count). The number of aromatic amines is 1. The summed E-state index contributed by atoms with van der Waals surface area (Å²) in [6.07, 6.45) is 4.63. The Kier molecular flexibility index (Phi) is 2.78. The number of para-hydroxylation sites is 1. The van der Waals surface area contributed by atoms with Crippen LogP contribution in [0.3, 0.4) is 0 Å². The molecular weight excluding hydrogens is 226 g/mol. The van der Waals surface area contributed by atoms with E-state index in [1.807, 2.05) is 25.1 Å². The first-order valence-corrected chi connectivity index (χ1v) is 6.50. The summed E-state index contributed by atoms with van der Waals surface area (Å²) in [7, 11) is 0. The van der Waals surface area contributed by atoms with E-state index in [4.69, 9.17) is 0 Å². The molecule has 2 N–H and O–H groups in total. The van der Waals surface area contributed by atoms with E-state index in [1.54, 1.807) is 0 Å². The maximum Gasteiger partial charge on any atom is 0.253 e. The van der Waals surface area contributed by atoms with Gasteiger partial charge in [-0.3, -0.25) is 4.79 Å². The number of imidazole rings is 1. The van der Waals surface area contributed by atoms with Crippen LogP contribution in [0.15, 0.2) is 18.2 Å². The minimum Gasteiger partial charge on any atom is -0.349 e. The number of aryl methyl sites for hydroxylation is 1. The van der Waals surface area contributed by atoms with Crippen molar-refractivity contribution in [2.24, 2.45) is 0 Å². The Hall–Kier alpha value is -1.84. The average Bonchev–Trinajstić information content (AvgIpc) is 2.95. The molecule has 1 aromatic heterocycles. The van der Waals surface area contributed by atoms with E-state index in [2.05, 4.69) is 15.3 Å². The Labute approximate surface area is 106 Å². The molecule has 1 aromatic carbocycles. The van der Waals surface area contributed by atoms with Crippen LogP contribution in [0.4, 0.5) is 0 Å². The molecule has 4 heteroatoms. The van der Waals surface area contributed by atoms with Gasteiger partial charge < -0.3 is 10.3 Å². The highest BCUT2D eigenvalue weighted by molar-refractivity contribution is 6.05. The zero-order valence-electron chi connectivity index (χ0n) is 10.5. The first-order valence-electron chi connectivity index (χ1n) is 6.50. The van der Waals surface area contributed by atoms with Gasteiger partial charge in [-0.1, -0.05) is 18.9 Å². The predicted octanol–water partition coefficient (Wildman–Crippen LogP) is 2.54. The van der Waals surface area contributed by atoms with Crippen molar-refractivity contribution < 1.29 is 4.79 Å². The van der Waals surface area contributed by atoms with Crippen molar-refractivity contribution in [2.75, 3.05) is 0 Å². The number of nitrogens with zero attached hydrogens (tertiary/aromatic N) is 1. The lowest BCUT2D eigenvalue weighted by Crippen LogP contribution is -2.32. The highest BCUT2D eigenvalue weighted by atomic mass is 16.1. The van der Waals surface area contributed by atoms with E-state index in [0.717, 1.165) is 29.7 Å². The van der Waals surface area contributed by atoms with Crippen molar-refractivity contribution in [1.82, 2.24) is 15.3 Å². The Balaban J connectivity index is 1.90. The van der Waals surface area contributed by atoms with Crippen LogP contribution in [0.2, 0.25) is 0 Å². The number of hydrogen-bond acceptors (Lipinski definition) is 2. The van der Waals surface area contributed by atoms with Crippen molar-refractivity contribution >= 4 is 16.9 Å². The second kappa shape index (κ2) is 4.44. The molecule has 1 saturated carbocycles. The molecule has 18 heavy (non-hydrogen) atoms. The minimum atomic E-state index is -0.000926. The van der Waals surface area contributed by atoms with E-state index >= 15 is 0 Å². The molecule has 94 valence electrons. The molecule has 0 atom stereocenters. The average molecular weight is 243 g/mol. The summed E-state index contributed by atoms with van der Waals surface area (Å²) in [5.41, 5.74) is 2.36. The van der Waals surface area contributed by atoms with Gasteiger partial charge in [-0.25, -0.2) is 4.98 Å². The minimum absolute atomic E-state index is 0.000926. The number of aromatic nitrogens is 2. The Bertz CT molecular complexity index is 582. The summed E-state index contributed by atoms with van der Waals surface area (Å²) < 4.78 is 0. The van der Waals surface area contributed by atoms with Gasteiger partial charge in [0.25, 0.3) is 5.91 Å². The molecule has 0 unspecified atom stereocenters. The molecular formula is C14H17N3O. The third-order valence-electron chi connectivity index (χ3n) is 3.57. The standard InChI is InChI=1S/C14H17N3O/c1-9-15-12-8-4-7-11(13(12)16-9)14(18)17-10-5-2-3-6-10/h4,7-8,10H,2-3,5-6H2,1H3,(H,15,16)(H,17,18). The molecule has 1 heterocycles. The fourth-order valence-electron chi connectivity index (χ4n) is 2.67. The first-order chi connectivity index (χ1) is 8.74. The molecule has 0 radical (unpaired) electrons. The molecule has 1 aliphatic carbocycles. The van der Waals surface area contributed by atoms with E-state index < -0.39 is 0 Å². The lowest BCUT2D eigenvalue weighted by molar-refractivity contribution is 0.0939. The van der Waals surface area contributed by atoms with E-state index in [9.17, 15) is 4.79 Å². The van der Waals surface area contributed by atoms with Crippen molar-refractivity contribution in [3.8, 4) is 0 Å². The topological polar surface area (TPSA) is 57.8 Å². The van der Waals surface area contributed by atoms with Crippen molar-refractivity contribution in [2.45, 2.75) is 38.6 Å². The summed E-state index contributed by atoms with van der Waals surface area (Å²) >= 11 is 0. The monoisotopic (exact) mass is 243 g/mol. The number of carbonyl (C=O) groups excluding carboxylic acids is 1. The van der Waals surface area contributed by atoms with Crippen LogP contribution >= 0.6 is 0 Å². The van der Waals surface area contributed by atoms with Gasteiger partial charge in [0.1, 0.15) is 11.3 Å². The number of benzene rings is 1. The quantitative estimate of drug-likeness (QED) is 0.851. The normalized spacial score (nSPS) is 16.3. The number of nitrogens with one attached hydrogen (secondary N) is 2. The highest BCUT2D eigenvalue weighted by Crippen LogP contribution is 2.20. The summed E-state index contributed by atoms with van der Waals surface area (Å²) in [5, 5.41) is 3.10. The van der Waals surface area contributed by atoms with Crippen LogP contribution in [0.1, 0.15) is 41.9 Å². The molecule has 1 aliphatic rings. The number of H-pyrrole nitrogens is 1. The zero-order chi connectivity index (χ0) is 12.5. The zero-order valence-corrected chi connectivity index (χ0v) is 10.5. The summed E-state index contributed by atoms with van der Waals surface area (Å²) in [6, 6.07) is 6.02. The van der Waals surface area contributed by atoms with E-state index in [0.29, 0.717) is 11.6 Å². The summed E-state index contributed by atoms with van der Waals surface area (Å²) in [6.45, 7) is 1.90. The van der Waals surface area contributed by atoms with Gasteiger partial charge in [0.05, 0.1) is 11.1 Å². The second-order valence-electron chi connectivity index (χ2n) is 4.98. The summed E-state index contributed by atoms with van der Waals surface area (Å²) in [4.78, 5) is 19.8. The van der Waals surface area contributed by atoms with Crippen molar-refractivity contribution in [3.63, 3.8) is 0 Å². The Morgan fingerprint density at radius 3 is 2.94 bits per heavy atom. The van der Waals surface area contributed by atoms with Gasteiger partial charge in [-0.15, -0.1) is 0 Å². The number of fused-ring (bicyclic) bond motifs is 1. The SMILES string of the molecule is Cc1nc2c(C(=O)NC3CCCC3)cccc2[nH]1. The van der Waals surface area contributed by atoms with E-state index in [1.165, 1.54) is 12.8 Å². The van der Waals surface area contributed by atoms with Gasteiger partial charge in [-0.05, 0) is 31.9 Å². The molecule has 0 bridgehead atoms. The molecule has 4 nitrogen and oxygen atoms in total. The number of rotatable bonds is 2. The molecule has 0 spiro atoms. The fraction of sp³-hybridized carbons (Fsp3) is 0.429. The molecule has 1 amide bonds. The summed E-state index contributed by atoms with van der Waals surface area (Å²) in [5.74, 6) is 0.838. The maximum absolute atomic E-state index is 12.3. The van der Waals surface area contributed by atoms with Crippen LogP contribution < -0.4 is 5.32 Å². The molecule has 1 fully saturated rings. The third kappa shape index (κ3) is 1.98. The predicted molar refractivity (Wildman–Crippen MR) is 70.6 cm³/mol. The van der Waals surface area contributed by atoms with Gasteiger partial charge in [0, 0.05) is 6.04 Å². The first kappa shape index (κ1) is 11.3. The van der Waals surface area contributed by atoms with Crippen LogP contribution in [0.25, 0.3) is 11.0 Å². The lowest BCUT2D eigenvalue weighted by atomic mass is 10.1. The number of amides is 1. The van der Waals surface area contributed by atoms with Crippen LogP contribution in [-0.4, -0.2) is 21.9 Å². The molecule has 0 saturated heterocycles. The van der Waals surface area contributed by atoms with Gasteiger partial charge in [0.2, 0.25) is 0 Å². The highest BCUT2D eigenvalue weighted by Gasteiger charge is 2.19. The largest absolute Gasteiger partial charge is 0.349 e. The van der Waals surface area contributed by atoms with Crippen LogP contribution in [0.5, 0.6) is 0 Å². The van der Waals surface area contributed by atoms with Crippen LogP contribution in [-0.2, 0) is 0 Å². The maximum atomic E-state index is 12.3. The van der Waals surface area contributed by atoms with Gasteiger partial charge >= 0.3 is 0 Å². The Morgan fingerprint density at radius 1 is 1.39 bits per heavy atom. The van der Waals surface area contributed by atoms with Crippen molar-refractivity contribution in [1.29, 1.82) is 0 Å². The molecule has 2 aromatic rings. The second-order valence-corrected chi connectivity index (χ2v) is 4.98. The van der Waals surface area contributed by atoms with Crippen molar-refractivity contribution in [3.05, 3.63) is 29.6 Å². The van der Waals surface area contributed by atoms with Crippen LogP contribution in [0, 0.1) is 6.92 Å². The lowest BCUT2D eigenvalue weighted by Gasteiger charge is -2.11. The molecule has 0 aliphatic heterocycles. The van der Waals surface area contributed by atoms with Gasteiger partial charge in [0.15, 0.2) is 0 Å². The Morgan fingerprint density at radius 2 is 2.17 bits per heavy atom. The third-order valence-corrected chi connectivity index (χ3v) is 3.57. The number of carbonyl (C=O) groups is 1. The smallest absolute Gasteiger partial charge is 0.253 e. The number of hydrogen-bond donors (Lipinski definition) is 2.